The van der Waals surface area contributed by atoms with Crippen LogP contribution in [0.15, 0.2) is 29.1 Å². The second-order valence-corrected chi connectivity index (χ2v) is 3.51. The van der Waals surface area contributed by atoms with E-state index in [2.05, 4.69) is 0 Å². The maximum atomic E-state index is 11.8. The lowest BCUT2D eigenvalue weighted by atomic mass is 10.2. The Balaban J connectivity index is 3.12. The molecule has 78 valence electrons. The summed E-state index contributed by atoms with van der Waals surface area (Å²) in [6.45, 7) is 0. The van der Waals surface area contributed by atoms with E-state index in [1.807, 2.05) is 12.1 Å². The predicted octanol–water partition coefficient (Wildman–Crippen LogP) is 1.13. The summed E-state index contributed by atoms with van der Waals surface area (Å²) >= 11 is 5.11. The van der Waals surface area contributed by atoms with Crippen molar-refractivity contribution in [3.63, 3.8) is 0 Å². The van der Waals surface area contributed by atoms with Crippen molar-refractivity contribution < 1.29 is 4.84 Å². The Hall–Kier alpha value is -1.62. The molecule has 2 rings (SSSR count). The standard InChI is InChI=1S/C10H10N2O2S/c1-11-9(13)7-5-3-4-6-8(7)12(14-2)10(11)15/h3-6H,1-2H3. The summed E-state index contributed by atoms with van der Waals surface area (Å²) in [5, 5.41) is 0.593. The minimum absolute atomic E-state index is 0.107. The average Bonchev–Trinajstić information content (AvgIpc) is 2.27. The topological polar surface area (TPSA) is 36.2 Å². The van der Waals surface area contributed by atoms with E-state index in [4.69, 9.17) is 17.1 Å². The molecule has 0 aliphatic heterocycles. The van der Waals surface area contributed by atoms with Crippen LogP contribution in [0.1, 0.15) is 0 Å². The van der Waals surface area contributed by atoms with Gasteiger partial charge in [-0.3, -0.25) is 9.36 Å². The number of nitrogens with zero attached hydrogens (tertiary/aromatic N) is 2. The molecule has 0 aliphatic rings. The Kier molecular flexibility index (Phi) is 2.32. The van der Waals surface area contributed by atoms with Gasteiger partial charge in [0, 0.05) is 7.05 Å². The maximum Gasteiger partial charge on any atom is 0.262 e. The van der Waals surface area contributed by atoms with Crippen LogP contribution < -0.4 is 10.4 Å². The van der Waals surface area contributed by atoms with Crippen molar-refractivity contribution in [1.29, 1.82) is 0 Å². The SMILES string of the molecule is COn1c(=S)n(C)c(=O)c2ccccc21. The smallest absolute Gasteiger partial charge is 0.262 e. The second kappa shape index (κ2) is 3.51. The molecule has 1 heterocycles. The van der Waals surface area contributed by atoms with Crippen LogP contribution in [0.2, 0.25) is 0 Å². The van der Waals surface area contributed by atoms with Crippen LogP contribution >= 0.6 is 12.2 Å². The fourth-order valence-corrected chi connectivity index (χ4v) is 1.77. The Morgan fingerprint density at radius 1 is 1.33 bits per heavy atom. The molecule has 0 saturated carbocycles. The number of fused-ring (bicyclic) bond motifs is 1. The first kappa shape index (κ1) is 9.92. The van der Waals surface area contributed by atoms with E-state index in [0.717, 1.165) is 0 Å². The third-order valence-corrected chi connectivity index (χ3v) is 2.74. The van der Waals surface area contributed by atoms with Gasteiger partial charge in [0.25, 0.3) is 5.56 Å². The van der Waals surface area contributed by atoms with E-state index in [1.54, 1.807) is 19.2 Å². The highest BCUT2D eigenvalue weighted by molar-refractivity contribution is 7.71. The van der Waals surface area contributed by atoms with Crippen molar-refractivity contribution in [2.45, 2.75) is 0 Å². The van der Waals surface area contributed by atoms with E-state index >= 15 is 0 Å². The monoisotopic (exact) mass is 222 g/mol. The highest BCUT2D eigenvalue weighted by Crippen LogP contribution is 2.08. The number of rotatable bonds is 1. The Morgan fingerprint density at radius 2 is 2.00 bits per heavy atom. The van der Waals surface area contributed by atoms with E-state index in [9.17, 15) is 4.79 Å². The second-order valence-electron chi connectivity index (χ2n) is 3.14. The van der Waals surface area contributed by atoms with Gasteiger partial charge in [0.05, 0.1) is 10.9 Å². The first-order valence-corrected chi connectivity index (χ1v) is 4.83. The molecule has 0 N–H and O–H groups in total. The van der Waals surface area contributed by atoms with Crippen molar-refractivity contribution in [3.8, 4) is 0 Å². The van der Waals surface area contributed by atoms with Gasteiger partial charge in [0.1, 0.15) is 7.11 Å². The molecule has 0 spiro atoms. The zero-order valence-corrected chi connectivity index (χ0v) is 9.25. The Labute approximate surface area is 91.3 Å². The van der Waals surface area contributed by atoms with Gasteiger partial charge in [-0.2, -0.15) is 4.73 Å². The van der Waals surface area contributed by atoms with E-state index in [1.165, 1.54) is 16.4 Å². The Morgan fingerprint density at radius 3 is 2.67 bits per heavy atom. The summed E-state index contributed by atoms with van der Waals surface area (Å²) in [7, 11) is 3.15. The molecule has 0 saturated heterocycles. The van der Waals surface area contributed by atoms with Crippen LogP contribution in [0.5, 0.6) is 0 Å². The molecule has 0 radical (unpaired) electrons. The molecule has 0 fully saturated rings. The van der Waals surface area contributed by atoms with Gasteiger partial charge < -0.3 is 4.84 Å². The van der Waals surface area contributed by atoms with Gasteiger partial charge in [-0.05, 0) is 24.4 Å². The van der Waals surface area contributed by atoms with E-state index < -0.39 is 0 Å². The molecule has 2 aromatic rings. The van der Waals surface area contributed by atoms with E-state index in [0.29, 0.717) is 15.7 Å². The first-order valence-electron chi connectivity index (χ1n) is 4.42. The van der Waals surface area contributed by atoms with Crippen LogP contribution in [-0.2, 0) is 7.05 Å². The zero-order valence-electron chi connectivity index (χ0n) is 8.43. The number of hydrogen-bond donors (Lipinski definition) is 0. The van der Waals surface area contributed by atoms with Gasteiger partial charge in [-0.25, -0.2) is 0 Å². The lowest BCUT2D eigenvalue weighted by Gasteiger charge is -2.10. The summed E-state index contributed by atoms with van der Waals surface area (Å²) in [6.07, 6.45) is 0. The molecule has 0 unspecified atom stereocenters. The molecule has 0 bridgehead atoms. The van der Waals surface area contributed by atoms with Crippen LogP contribution in [-0.4, -0.2) is 16.4 Å². The summed E-state index contributed by atoms with van der Waals surface area (Å²) < 4.78 is 3.20. The van der Waals surface area contributed by atoms with Crippen molar-refractivity contribution in [1.82, 2.24) is 9.30 Å². The van der Waals surface area contributed by atoms with Crippen LogP contribution in [0.25, 0.3) is 10.9 Å². The highest BCUT2D eigenvalue weighted by atomic mass is 32.1. The molecule has 1 aromatic carbocycles. The largest absolute Gasteiger partial charge is 0.414 e. The number of benzene rings is 1. The first-order chi connectivity index (χ1) is 7.16. The summed E-state index contributed by atoms with van der Waals surface area (Å²) in [5.41, 5.74) is 0.581. The normalized spacial score (nSPS) is 10.5. The third-order valence-electron chi connectivity index (χ3n) is 2.30. The fraction of sp³-hybridized carbons (Fsp3) is 0.200. The van der Waals surface area contributed by atoms with Crippen LogP contribution in [0.3, 0.4) is 0 Å². The molecule has 0 amide bonds. The van der Waals surface area contributed by atoms with Crippen LogP contribution in [0.4, 0.5) is 0 Å². The number of aromatic nitrogens is 2. The lowest BCUT2D eigenvalue weighted by Crippen LogP contribution is -2.25. The minimum atomic E-state index is -0.107. The quantitative estimate of drug-likeness (QED) is 0.679. The molecule has 5 heteroatoms. The summed E-state index contributed by atoms with van der Waals surface area (Å²) in [5.74, 6) is 0. The minimum Gasteiger partial charge on any atom is -0.414 e. The fourth-order valence-electron chi connectivity index (χ4n) is 1.51. The van der Waals surface area contributed by atoms with Crippen molar-refractivity contribution >= 4 is 23.1 Å². The number of hydrogen-bond acceptors (Lipinski definition) is 3. The summed E-state index contributed by atoms with van der Waals surface area (Å²) in [4.78, 5) is 17.0. The lowest BCUT2D eigenvalue weighted by molar-refractivity contribution is 0.167. The molecule has 15 heavy (non-hydrogen) atoms. The molecule has 0 aliphatic carbocycles. The molecule has 4 nitrogen and oxygen atoms in total. The van der Waals surface area contributed by atoms with Gasteiger partial charge in [-0.15, -0.1) is 0 Å². The summed E-state index contributed by atoms with van der Waals surface area (Å²) in [6, 6.07) is 7.21. The molecule has 1 aromatic heterocycles. The van der Waals surface area contributed by atoms with Crippen molar-refractivity contribution in [2.75, 3.05) is 7.11 Å². The third kappa shape index (κ3) is 1.35. The molecular weight excluding hydrogens is 212 g/mol. The molecule has 0 atom stereocenters. The van der Waals surface area contributed by atoms with Gasteiger partial charge >= 0.3 is 0 Å². The molecular formula is C10H10N2O2S. The van der Waals surface area contributed by atoms with Crippen molar-refractivity contribution in [2.24, 2.45) is 7.05 Å². The zero-order chi connectivity index (χ0) is 11.0. The predicted molar refractivity (Wildman–Crippen MR) is 60.5 cm³/mol. The van der Waals surface area contributed by atoms with Gasteiger partial charge in [0.2, 0.25) is 4.77 Å². The van der Waals surface area contributed by atoms with E-state index in [-0.39, 0.29) is 5.56 Å². The Bertz CT molecular complexity index is 627. The van der Waals surface area contributed by atoms with Crippen LogP contribution in [0, 0.1) is 4.77 Å². The number of para-hydroxylation sites is 1. The van der Waals surface area contributed by atoms with Gasteiger partial charge in [-0.1, -0.05) is 12.1 Å². The highest BCUT2D eigenvalue weighted by Gasteiger charge is 2.07. The maximum absolute atomic E-state index is 11.8. The average molecular weight is 222 g/mol. The van der Waals surface area contributed by atoms with Crippen molar-refractivity contribution in [3.05, 3.63) is 39.4 Å². The van der Waals surface area contributed by atoms with Gasteiger partial charge in [0.15, 0.2) is 0 Å².